The summed E-state index contributed by atoms with van der Waals surface area (Å²) in [7, 11) is 1.57. The molecule has 0 saturated heterocycles. The first-order valence-corrected chi connectivity index (χ1v) is 8.89. The minimum absolute atomic E-state index is 0.199. The molecule has 0 bridgehead atoms. The van der Waals surface area contributed by atoms with Crippen LogP contribution in [0.3, 0.4) is 0 Å². The summed E-state index contributed by atoms with van der Waals surface area (Å²) < 4.78 is 11.4. The molecule has 2 rings (SSSR count). The Labute approximate surface area is 149 Å². The van der Waals surface area contributed by atoms with Crippen LogP contribution in [-0.4, -0.2) is 41.6 Å². The number of esters is 1. The van der Waals surface area contributed by atoms with E-state index in [1.165, 1.54) is 22.7 Å². The van der Waals surface area contributed by atoms with E-state index in [4.69, 9.17) is 21.1 Å². The number of nitrogens with zero attached hydrogens (tertiary/aromatic N) is 2. The first-order chi connectivity index (χ1) is 11.6. The van der Waals surface area contributed by atoms with Gasteiger partial charge in [0, 0.05) is 17.8 Å². The van der Waals surface area contributed by atoms with E-state index in [-0.39, 0.29) is 17.9 Å². The second-order valence-electron chi connectivity index (χ2n) is 4.91. The van der Waals surface area contributed by atoms with Crippen molar-refractivity contribution in [3.63, 3.8) is 0 Å². The number of methoxy groups -OCH3 is 1. The van der Waals surface area contributed by atoms with Gasteiger partial charge in [0.15, 0.2) is 0 Å². The average Bonchev–Trinajstić information content (AvgIpc) is 2.56. The molecule has 1 aromatic carbocycles. The highest BCUT2D eigenvalue weighted by Crippen LogP contribution is 2.31. The molecular weight excluding hydrogens is 352 g/mol. The van der Waals surface area contributed by atoms with Crippen molar-refractivity contribution >= 4 is 40.2 Å². The fraction of sp³-hybridized carbons (Fsp3) is 0.438. The third-order valence-electron chi connectivity index (χ3n) is 3.30. The zero-order valence-electron chi connectivity index (χ0n) is 13.6. The summed E-state index contributed by atoms with van der Waals surface area (Å²) in [5.41, 5.74) is 0.350. The van der Waals surface area contributed by atoms with Gasteiger partial charge in [0.05, 0.1) is 48.4 Å². The van der Waals surface area contributed by atoms with Crippen molar-refractivity contribution in [2.75, 3.05) is 26.1 Å². The third-order valence-corrected chi connectivity index (χ3v) is 4.86. The van der Waals surface area contributed by atoms with Crippen molar-refractivity contribution < 1.29 is 14.3 Å². The number of carbonyl (C=O) groups is 1. The maximum absolute atomic E-state index is 12.6. The predicted octanol–water partition coefficient (Wildman–Crippen LogP) is 2.74. The predicted molar refractivity (Wildman–Crippen MR) is 94.9 cm³/mol. The van der Waals surface area contributed by atoms with Gasteiger partial charge in [0.1, 0.15) is 0 Å². The van der Waals surface area contributed by atoms with Crippen molar-refractivity contribution in [3.05, 3.63) is 33.8 Å². The topological polar surface area (TPSA) is 70.4 Å². The van der Waals surface area contributed by atoms with Gasteiger partial charge in [-0.1, -0.05) is 11.6 Å². The Morgan fingerprint density at radius 1 is 1.42 bits per heavy atom. The van der Waals surface area contributed by atoms with Gasteiger partial charge in [-0.3, -0.25) is 14.2 Å². The molecule has 0 spiro atoms. The highest BCUT2D eigenvalue weighted by molar-refractivity contribution is 7.99. The van der Waals surface area contributed by atoms with Crippen LogP contribution in [0.25, 0.3) is 10.9 Å². The van der Waals surface area contributed by atoms with Gasteiger partial charge in [0.2, 0.25) is 0 Å². The molecule has 24 heavy (non-hydrogen) atoms. The average molecular weight is 371 g/mol. The SMILES string of the molecule is CCOC(=O)CCSc1ccc2ncn(CCOC)c(=O)c2c1Cl. The summed E-state index contributed by atoms with van der Waals surface area (Å²) >= 11 is 7.82. The number of hydrogen-bond donors (Lipinski definition) is 0. The number of rotatable bonds is 8. The van der Waals surface area contributed by atoms with Crippen LogP contribution in [0, 0.1) is 0 Å². The molecule has 0 aliphatic carbocycles. The quantitative estimate of drug-likeness (QED) is 0.525. The molecule has 0 aliphatic heterocycles. The lowest BCUT2D eigenvalue weighted by molar-refractivity contribution is -0.142. The molecule has 0 N–H and O–H groups in total. The lowest BCUT2D eigenvalue weighted by Crippen LogP contribution is -2.22. The Morgan fingerprint density at radius 3 is 2.92 bits per heavy atom. The minimum Gasteiger partial charge on any atom is -0.466 e. The molecule has 0 aliphatic rings. The summed E-state index contributed by atoms with van der Waals surface area (Å²) in [6.45, 7) is 2.97. The highest BCUT2D eigenvalue weighted by Gasteiger charge is 2.13. The monoisotopic (exact) mass is 370 g/mol. The molecule has 0 unspecified atom stereocenters. The van der Waals surface area contributed by atoms with Crippen LogP contribution >= 0.6 is 23.4 Å². The zero-order chi connectivity index (χ0) is 17.5. The van der Waals surface area contributed by atoms with Crippen molar-refractivity contribution in [3.8, 4) is 0 Å². The molecule has 1 heterocycles. The molecule has 2 aromatic rings. The van der Waals surface area contributed by atoms with Gasteiger partial charge in [0.25, 0.3) is 5.56 Å². The summed E-state index contributed by atoms with van der Waals surface area (Å²) in [6.07, 6.45) is 1.78. The first-order valence-electron chi connectivity index (χ1n) is 7.53. The number of fused-ring (bicyclic) bond motifs is 1. The zero-order valence-corrected chi connectivity index (χ0v) is 15.2. The van der Waals surface area contributed by atoms with Crippen LogP contribution in [0.2, 0.25) is 5.02 Å². The van der Waals surface area contributed by atoms with Gasteiger partial charge in [-0.2, -0.15) is 0 Å². The molecule has 0 saturated carbocycles. The highest BCUT2D eigenvalue weighted by atomic mass is 35.5. The van der Waals surface area contributed by atoms with E-state index in [0.717, 1.165) is 4.90 Å². The van der Waals surface area contributed by atoms with E-state index in [9.17, 15) is 9.59 Å². The second kappa shape index (κ2) is 9.05. The van der Waals surface area contributed by atoms with Crippen LogP contribution in [0.4, 0.5) is 0 Å². The van der Waals surface area contributed by atoms with E-state index in [1.807, 2.05) is 6.07 Å². The van der Waals surface area contributed by atoms with Crippen LogP contribution in [0.15, 0.2) is 28.2 Å². The number of aromatic nitrogens is 2. The van der Waals surface area contributed by atoms with Gasteiger partial charge < -0.3 is 9.47 Å². The smallest absolute Gasteiger partial charge is 0.306 e. The first kappa shape index (κ1) is 18.8. The molecule has 0 radical (unpaired) electrons. The second-order valence-corrected chi connectivity index (χ2v) is 6.43. The Bertz CT molecular complexity index is 778. The normalized spacial score (nSPS) is 11.0. The van der Waals surface area contributed by atoms with E-state index in [2.05, 4.69) is 4.98 Å². The summed E-state index contributed by atoms with van der Waals surface area (Å²) in [5.74, 6) is 0.285. The van der Waals surface area contributed by atoms with E-state index in [1.54, 1.807) is 20.1 Å². The molecule has 0 amide bonds. The van der Waals surface area contributed by atoms with Gasteiger partial charge in [-0.05, 0) is 19.1 Å². The van der Waals surface area contributed by atoms with Gasteiger partial charge >= 0.3 is 5.97 Å². The number of hydrogen-bond acceptors (Lipinski definition) is 6. The lowest BCUT2D eigenvalue weighted by atomic mass is 10.2. The maximum atomic E-state index is 12.6. The fourth-order valence-corrected chi connectivity index (χ4v) is 3.41. The summed E-state index contributed by atoms with van der Waals surface area (Å²) in [4.78, 5) is 29.0. The Hall–Kier alpha value is -1.57. The van der Waals surface area contributed by atoms with Gasteiger partial charge in [-0.25, -0.2) is 4.98 Å². The molecule has 1 aromatic heterocycles. The van der Waals surface area contributed by atoms with E-state index < -0.39 is 0 Å². The van der Waals surface area contributed by atoms with Gasteiger partial charge in [-0.15, -0.1) is 11.8 Å². The van der Waals surface area contributed by atoms with Crippen molar-refractivity contribution in [2.45, 2.75) is 24.8 Å². The number of thioether (sulfide) groups is 1. The molecule has 130 valence electrons. The molecule has 0 atom stereocenters. The number of benzene rings is 1. The minimum atomic E-state index is -0.245. The van der Waals surface area contributed by atoms with Crippen molar-refractivity contribution in [1.29, 1.82) is 0 Å². The standard InChI is InChI=1S/C16H19ClN2O4S/c1-3-23-13(20)6-9-24-12-5-4-11-14(15(12)17)16(21)19(10-18-11)7-8-22-2/h4-5,10H,3,6-9H2,1-2H3. The van der Waals surface area contributed by atoms with Crippen LogP contribution in [0.5, 0.6) is 0 Å². The lowest BCUT2D eigenvalue weighted by Gasteiger charge is -2.09. The van der Waals surface area contributed by atoms with Crippen molar-refractivity contribution in [1.82, 2.24) is 9.55 Å². The van der Waals surface area contributed by atoms with E-state index in [0.29, 0.717) is 41.4 Å². The molecule has 6 nitrogen and oxygen atoms in total. The number of halogens is 1. The summed E-state index contributed by atoms with van der Waals surface area (Å²) in [6, 6.07) is 3.57. The molecular formula is C16H19ClN2O4S. The van der Waals surface area contributed by atoms with Crippen LogP contribution in [0.1, 0.15) is 13.3 Å². The van der Waals surface area contributed by atoms with Crippen LogP contribution in [-0.2, 0) is 20.8 Å². The largest absolute Gasteiger partial charge is 0.466 e. The molecule has 0 fully saturated rings. The fourth-order valence-electron chi connectivity index (χ4n) is 2.12. The summed E-state index contributed by atoms with van der Waals surface area (Å²) in [5, 5.41) is 0.752. The Morgan fingerprint density at radius 2 is 2.21 bits per heavy atom. The van der Waals surface area contributed by atoms with E-state index >= 15 is 0 Å². The third kappa shape index (κ3) is 4.49. The van der Waals surface area contributed by atoms with Crippen molar-refractivity contribution in [2.24, 2.45) is 0 Å². The number of ether oxygens (including phenoxy) is 2. The maximum Gasteiger partial charge on any atom is 0.306 e. The Kier molecular flexibility index (Phi) is 7.08. The van der Waals surface area contributed by atoms with Crippen LogP contribution < -0.4 is 5.56 Å². The number of carbonyl (C=O) groups excluding carboxylic acids is 1. The Balaban J connectivity index is 2.23. The molecule has 8 heteroatoms.